The largest absolute Gasteiger partial charge is 0.369 e. The molecule has 0 fully saturated rings. The Morgan fingerprint density at radius 1 is 0.870 bits per heavy atom. The van der Waals surface area contributed by atoms with E-state index < -0.39 is 0 Å². The molecule has 0 aliphatic rings. The second kappa shape index (κ2) is 7.75. The molecule has 0 heterocycles. The molecule has 0 saturated carbocycles. The molecule has 1 nitrogen and oxygen atoms in total. The molecule has 0 aliphatic carbocycles. The molecular weight excluding hydrogens is 280 g/mol. The average Bonchev–Trinajstić information content (AvgIpc) is 2.62. The van der Waals surface area contributed by atoms with Crippen molar-refractivity contribution >= 4 is 16.8 Å². The van der Waals surface area contributed by atoms with Crippen molar-refractivity contribution in [3.8, 4) is 0 Å². The highest BCUT2D eigenvalue weighted by Gasteiger charge is 2.09. The molecule has 0 spiro atoms. The van der Waals surface area contributed by atoms with Crippen molar-refractivity contribution in [2.24, 2.45) is 0 Å². The molecule has 0 aliphatic heterocycles. The van der Waals surface area contributed by atoms with Gasteiger partial charge in [-0.05, 0) is 34.4 Å². The summed E-state index contributed by atoms with van der Waals surface area (Å²) < 4.78 is 6.06. The van der Waals surface area contributed by atoms with E-state index in [4.69, 9.17) is 4.74 Å². The Bertz CT molecular complexity index is 774. The quantitative estimate of drug-likeness (QED) is 0.541. The van der Waals surface area contributed by atoms with Crippen molar-refractivity contribution in [2.45, 2.75) is 19.4 Å². The maximum Gasteiger partial charge on any atom is 0.0826 e. The molecule has 0 aromatic heterocycles. The van der Waals surface area contributed by atoms with Crippen LogP contribution in [0.3, 0.4) is 0 Å². The van der Waals surface area contributed by atoms with Crippen LogP contribution in [-0.4, -0.2) is 6.61 Å². The van der Waals surface area contributed by atoms with Crippen LogP contribution < -0.4 is 0 Å². The summed E-state index contributed by atoms with van der Waals surface area (Å²) in [5.74, 6) is 0. The first-order valence-electron chi connectivity index (χ1n) is 8.18. The van der Waals surface area contributed by atoms with Crippen molar-refractivity contribution < 1.29 is 4.74 Å². The van der Waals surface area contributed by atoms with Gasteiger partial charge in [-0.25, -0.2) is 0 Å². The van der Waals surface area contributed by atoms with E-state index in [0.29, 0.717) is 6.61 Å². The molecule has 0 bridgehead atoms. The van der Waals surface area contributed by atoms with Gasteiger partial charge < -0.3 is 4.74 Å². The second-order valence-electron chi connectivity index (χ2n) is 5.65. The van der Waals surface area contributed by atoms with Gasteiger partial charge in [0.2, 0.25) is 0 Å². The molecule has 116 valence electrons. The zero-order valence-electron chi connectivity index (χ0n) is 13.5. The van der Waals surface area contributed by atoms with Gasteiger partial charge in [-0.15, -0.1) is 0 Å². The molecule has 0 amide bonds. The summed E-state index contributed by atoms with van der Waals surface area (Å²) in [5, 5.41) is 2.54. The molecular formula is C22H22O. The predicted molar refractivity (Wildman–Crippen MR) is 98.4 cm³/mol. The van der Waals surface area contributed by atoms with Gasteiger partial charge in [-0.3, -0.25) is 0 Å². The fourth-order valence-corrected chi connectivity index (χ4v) is 2.78. The molecule has 1 heteroatoms. The van der Waals surface area contributed by atoms with Crippen molar-refractivity contribution in [2.75, 3.05) is 6.61 Å². The van der Waals surface area contributed by atoms with Crippen molar-refractivity contribution in [3.05, 3.63) is 90.0 Å². The van der Waals surface area contributed by atoms with Gasteiger partial charge in [0.15, 0.2) is 0 Å². The number of hydrogen-bond donors (Lipinski definition) is 0. The molecule has 0 N–H and O–H groups in total. The Balaban J connectivity index is 1.65. The van der Waals surface area contributed by atoms with E-state index in [1.54, 1.807) is 0 Å². The highest BCUT2D eigenvalue weighted by Crippen LogP contribution is 2.25. The minimum Gasteiger partial charge on any atom is -0.369 e. The Hall–Kier alpha value is -2.38. The van der Waals surface area contributed by atoms with Crippen LogP contribution in [0.15, 0.2) is 78.9 Å². The van der Waals surface area contributed by atoms with E-state index in [-0.39, 0.29) is 6.10 Å². The lowest BCUT2D eigenvalue weighted by molar-refractivity contribution is 0.0717. The fourth-order valence-electron chi connectivity index (χ4n) is 2.78. The Morgan fingerprint density at radius 2 is 1.61 bits per heavy atom. The molecule has 3 rings (SSSR count). The first-order valence-corrected chi connectivity index (χ1v) is 8.18. The van der Waals surface area contributed by atoms with E-state index in [1.165, 1.54) is 21.9 Å². The minimum absolute atomic E-state index is 0.139. The van der Waals surface area contributed by atoms with Crippen molar-refractivity contribution in [1.82, 2.24) is 0 Å². The Morgan fingerprint density at radius 3 is 2.39 bits per heavy atom. The van der Waals surface area contributed by atoms with Gasteiger partial charge in [0.25, 0.3) is 0 Å². The van der Waals surface area contributed by atoms with Crippen LogP contribution in [0.25, 0.3) is 16.8 Å². The summed E-state index contributed by atoms with van der Waals surface area (Å²) in [7, 11) is 0. The van der Waals surface area contributed by atoms with Crippen molar-refractivity contribution in [3.63, 3.8) is 0 Å². The highest BCUT2D eigenvalue weighted by atomic mass is 16.5. The number of rotatable bonds is 6. The van der Waals surface area contributed by atoms with Gasteiger partial charge in [-0.2, -0.15) is 0 Å². The smallest absolute Gasteiger partial charge is 0.0826 e. The zero-order valence-corrected chi connectivity index (χ0v) is 13.5. The van der Waals surface area contributed by atoms with E-state index in [2.05, 4.69) is 73.7 Å². The van der Waals surface area contributed by atoms with Gasteiger partial charge in [0.05, 0.1) is 12.7 Å². The monoisotopic (exact) mass is 302 g/mol. The summed E-state index contributed by atoms with van der Waals surface area (Å²) in [5.41, 5.74) is 2.45. The van der Waals surface area contributed by atoms with Gasteiger partial charge >= 0.3 is 0 Å². The third-order valence-corrected chi connectivity index (χ3v) is 4.02. The third-order valence-electron chi connectivity index (χ3n) is 4.02. The highest BCUT2D eigenvalue weighted by molar-refractivity contribution is 5.83. The Kier molecular flexibility index (Phi) is 5.23. The summed E-state index contributed by atoms with van der Waals surface area (Å²) in [4.78, 5) is 0. The van der Waals surface area contributed by atoms with Crippen LogP contribution in [0.1, 0.15) is 30.6 Å². The lowest BCUT2D eigenvalue weighted by Crippen LogP contribution is -2.03. The molecule has 3 aromatic carbocycles. The first-order chi connectivity index (χ1) is 11.4. The number of benzene rings is 3. The molecule has 23 heavy (non-hydrogen) atoms. The molecule has 0 unspecified atom stereocenters. The molecule has 0 radical (unpaired) electrons. The summed E-state index contributed by atoms with van der Waals surface area (Å²) >= 11 is 0. The van der Waals surface area contributed by atoms with Gasteiger partial charge in [0, 0.05) is 0 Å². The van der Waals surface area contributed by atoms with Crippen LogP contribution in [0, 0.1) is 0 Å². The number of fused-ring (bicyclic) bond motifs is 1. The first kappa shape index (κ1) is 15.5. The van der Waals surface area contributed by atoms with E-state index in [9.17, 15) is 0 Å². The SMILES string of the molecule is CC[C@H](OC/C=C\c1ccccc1)c1ccc2ccccc2c1. The summed E-state index contributed by atoms with van der Waals surface area (Å²) in [6.45, 7) is 2.79. The molecule has 1 atom stereocenters. The van der Waals surface area contributed by atoms with Crippen LogP contribution in [0.2, 0.25) is 0 Å². The average molecular weight is 302 g/mol. The van der Waals surface area contributed by atoms with Gasteiger partial charge in [0.1, 0.15) is 0 Å². The Labute approximate surface area is 138 Å². The standard InChI is InChI=1S/C22H22O/c1-2-22(23-16-8-11-18-9-4-3-5-10-18)21-15-14-19-12-6-7-13-20(19)17-21/h3-15,17,22H,2,16H2,1H3/b11-8-/t22-/m0/s1. The second-order valence-corrected chi connectivity index (χ2v) is 5.65. The third kappa shape index (κ3) is 4.08. The fraction of sp³-hybridized carbons (Fsp3) is 0.182. The van der Waals surface area contributed by atoms with Crippen LogP contribution in [0.4, 0.5) is 0 Å². The maximum atomic E-state index is 6.06. The predicted octanol–water partition coefficient (Wildman–Crippen LogP) is 6.02. The molecule has 3 aromatic rings. The summed E-state index contributed by atoms with van der Waals surface area (Å²) in [6, 6.07) is 25.4. The maximum absolute atomic E-state index is 6.06. The minimum atomic E-state index is 0.139. The molecule has 0 saturated heterocycles. The number of hydrogen-bond acceptors (Lipinski definition) is 1. The summed E-state index contributed by atoms with van der Waals surface area (Å²) in [6.07, 6.45) is 5.30. The van der Waals surface area contributed by atoms with Crippen molar-refractivity contribution in [1.29, 1.82) is 0 Å². The van der Waals surface area contributed by atoms with Crippen LogP contribution in [-0.2, 0) is 4.74 Å². The normalized spacial score (nSPS) is 12.7. The number of ether oxygens (including phenoxy) is 1. The zero-order chi connectivity index (χ0) is 15.9. The van der Waals surface area contributed by atoms with E-state index >= 15 is 0 Å². The van der Waals surface area contributed by atoms with E-state index in [1.807, 2.05) is 18.2 Å². The van der Waals surface area contributed by atoms with E-state index in [0.717, 1.165) is 6.42 Å². The lowest BCUT2D eigenvalue weighted by Gasteiger charge is -2.16. The van der Waals surface area contributed by atoms with Crippen LogP contribution >= 0.6 is 0 Å². The lowest BCUT2D eigenvalue weighted by atomic mass is 10.0. The van der Waals surface area contributed by atoms with Crippen LogP contribution in [0.5, 0.6) is 0 Å². The topological polar surface area (TPSA) is 9.23 Å². The van der Waals surface area contributed by atoms with Gasteiger partial charge in [-0.1, -0.05) is 85.8 Å².